The molecule has 8 nitrogen and oxygen atoms in total. The number of methoxy groups -OCH3 is 2. The van der Waals surface area contributed by atoms with Gasteiger partial charge >= 0.3 is 0 Å². The summed E-state index contributed by atoms with van der Waals surface area (Å²) in [5.41, 5.74) is 2.03. The fraction of sp³-hybridized carbons (Fsp3) is 0.440. The van der Waals surface area contributed by atoms with Crippen molar-refractivity contribution in [2.24, 2.45) is 0 Å². The van der Waals surface area contributed by atoms with Crippen LogP contribution in [0.1, 0.15) is 18.1 Å². The zero-order valence-corrected chi connectivity index (χ0v) is 19.7. The van der Waals surface area contributed by atoms with Crippen LogP contribution >= 0.6 is 0 Å². The van der Waals surface area contributed by atoms with E-state index in [1.54, 1.807) is 14.2 Å². The van der Waals surface area contributed by atoms with Crippen molar-refractivity contribution >= 4 is 11.8 Å². The van der Waals surface area contributed by atoms with Crippen molar-refractivity contribution in [2.75, 3.05) is 46.9 Å². The highest BCUT2D eigenvalue weighted by Crippen LogP contribution is 2.27. The number of carbonyl (C=O) groups is 2. The third-order valence-corrected chi connectivity index (χ3v) is 5.95. The summed E-state index contributed by atoms with van der Waals surface area (Å²) in [4.78, 5) is 29.2. The van der Waals surface area contributed by atoms with Crippen LogP contribution in [0, 0.1) is 0 Å². The Kier molecular flexibility index (Phi) is 9.09. The van der Waals surface area contributed by atoms with E-state index in [0.29, 0.717) is 31.1 Å². The van der Waals surface area contributed by atoms with Crippen LogP contribution in [-0.4, -0.2) is 74.6 Å². The molecule has 0 saturated carbocycles. The zero-order chi connectivity index (χ0) is 23.6. The van der Waals surface area contributed by atoms with Crippen LogP contribution in [0.5, 0.6) is 11.5 Å². The summed E-state index contributed by atoms with van der Waals surface area (Å²) in [6.07, 6.45) is 0. The molecule has 3 rings (SSSR count). The van der Waals surface area contributed by atoms with E-state index in [-0.39, 0.29) is 17.9 Å². The number of carbonyl (C=O) groups excluding carboxylic acids is 2. The molecule has 0 radical (unpaired) electrons. The van der Waals surface area contributed by atoms with E-state index in [2.05, 4.69) is 20.4 Å². The smallest absolute Gasteiger partial charge is 0.237 e. The average molecular weight is 455 g/mol. The average Bonchev–Trinajstić information content (AvgIpc) is 2.86. The van der Waals surface area contributed by atoms with Crippen LogP contribution in [0.15, 0.2) is 48.5 Å². The molecule has 1 heterocycles. The highest BCUT2D eigenvalue weighted by atomic mass is 16.5. The van der Waals surface area contributed by atoms with Crippen LogP contribution in [0.25, 0.3) is 0 Å². The van der Waals surface area contributed by atoms with Gasteiger partial charge in [0.25, 0.3) is 0 Å². The van der Waals surface area contributed by atoms with E-state index in [1.807, 2.05) is 55.5 Å². The van der Waals surface area contributed by atoms with Gasteiger partial charge in [-0.15, -0.1) is 0 Å². The van der Waals surface area contributed by atoms with Gasteiger partial charge in [-0.05, 0) is 30.2 Å². The molecule has 2 aromatic rings. The van der Waals surface area contributed by atoms with E-state index in [4.69, 9.17) is 9.47 Å². The molecule has 2 amide bonds. The van der Waals surface area contributed by atoms with Crippen molar-refractivity contribution in [2.45, 2.75) is 26.1 Å². The SMILES string of the molecule is COc1ccc(CNC(=O)C(C)N2CCN(CC(=O)NCc3ccccc3)CC2)cc1OC. The first-order valence-electron chi connectivity index (χ1n) is 11.3. The number of piperazine rings is 1. The number of hydrogen-bond donors (Lipinski definition) is 2. The fourth-order valence-electron chi connectivity index (χ4n) is 3.86. The maximum atomic E-state index is 12.7. The van der Waals surface area contributed by atoms with E-state index >= 15 is 0 Å². The number of ether oxygens (including phenoxy) is 2. The molecule has 0 spiro atoms. The first-order chi connectivity index (χ1) is 16.0. The number of nitrogens with zero attached hydrogens (tertiary/aromatic N) is 2. The molecular weight excluding hydrogens is 420 g/mol. The van der Waals surface area contributed by atoms with Gasteiger partial charge in [0.15, 0.2) is 11.5 Å². The standard InChI is InChI=1S/C25H34N4O4/c1-19(25(31)27-17-21-9-10-22(32-2)23(15-21)33-3)29-13-11-28(12-14-29)18-24(30)26-16-20-7-5-4-6-8-20/h4-10,15,19H,11-14,16-18H2,1-3H3,(H,26,30)(H,27,31). The molecule has 2 N–H and O–H groups in total. The quantitative estimate of drug-likeness (QED) is 0.568. The molecule has 33 heavy (non-hydrogen) atoms. The number of nitrogens with one attached hydrogen (secondary N) is 2. The summed E-state index contributed by atoms with van der Waals surface area (Å²) in [6.45, 7) is 6.26. The molecule has 1 atom stereocenters. The van der Waals surface area contributed by atoms with Crippen molar-refractivity contribution in [3.05, 3.63) is 59.7 Å². The second kappa shape index (κ2) is 12.2. The van der Waals surface area contributed by atoms with Gasteiger partial charge in [0.05, 0.1) is 26.8 Å². The van der Waals surface area contributed by atoms with E-state index in [9.17, 15) is 9.59 Å². The van der Waals surface area contributed by atoms with Gasteiger partial charge in [0, 0.05) is 39.3 Å². The molecule has 1 unspecified atom stereocenters. The number of rotatable bonds is 10. The predicted molar refractivity (Wildman–Crippen MR) is 127 cm³/mol. The van der Waals surface area contributed by atoms with Gasteiger partial charge in [-0.1, -0.05) is 36.4 Å². The van der Waals surface area contributed by atoms with Crippen molar-refractivity contribution in [1.82, 2.24) is 20.4 Å². The Morgan fingerprint density at radius 1 is 0.879 bits per heavy atom. The van der Waals surface area contributed by atoms with Crippen LogP contribution in [0.4, 0.5) is 0 Å². The van der Waals surface area contributed by atoms with Crippen molar-refractivity contribution in [3.8, 4) is 11.5 Å². The van der Waals surface area contributed by atoms with Gasteiger partial charge in [0.2, 0.25) is 11.8 Å². The predicted octanol–water partition coefficient (Wildman–Crippen LogP) is 1.64. The Hall–Kier alpha value is -3.10. The van der Waals surface area contributed by atoms with E-state index in [1.165, 1.54) is 0 Å². The second-order valence-electron chi connectivity index (χ2n) is 8.16. The Morgan fingerprint density at radius 3 is 2.21 bits per heavy atom. The molecule has 1 fully saturated rings. The van der Waals surface area contributed by atoms with E-state index < -0.39 is 0 Å². The molecule has 8 heteroatoms. The summed E-state index contributed by atoms with van der Waals surface area (Å²) < 4.78 is 10.6. The summed E-state index contributed by atoms with van der Waals surface area (Å²) in [6, 6.07) is 15.3. The first kappa shape index (κ1) is 24.5. The lowest BCUT2D eigenvalue weighted by Crippen LogP contribution is -2.55. The molecule has 0 aliphatic carbocycles. The van der Waals surface area contributed by atoms with Crippen LogP contribution < -0.4 is 20.1 Å². The topological polar surface area (TPSA) is 83.1 Å². The molecule has 0 bridgehead atoms. The number of benzene rings is 2. The monoisotopic (exact) mass is 454 g/mol. The highest BCUT2D eigenvalue weighted by molar-refractivity contribution is 5.81. The lowest BCUT2D eigenvalue weighted by atomic mass is 10.1. The van der Waals surface area contributed by atoms with Gasteiger partial charge in [-0.25, -0.2) is 0 Å². The zero-order valence-electron chi connectivity index (χ0n) is 19.7. The van der Waals surface area contributed by atoms with Crippen molar-refractivity contribution in [3.63, 3.8) is 0 Å². The number of hydrogen-bond acceptors (Lipinski definition) is 6. The summed E-state index contributed by atoms with van der Waals surface area (Å²) in [7, 11) is 3.19. The van der Waals surface area contributed by atoms with Gasteiger partial charge in [0.1, 0.15) is 0 Å². The fourth-order valence-corrected chi connectivity index (χ4v) is 3.86. The largest absolute Gasteiger partial charge is 0.493 e. The van der Waals surface area contributed by atoms with Crippen LogP contribution in [0.3, 0.4) is 0 Å². The molecule has 2 aromatic carbocycles. The van der Waals surface area contributed by atoms with E-state index in [0.717, 1.165) is 37.3 Å². The number of amides is 2. The lowest BCUT2D eigenvalue weighted by molar-refractivity contribution is -0.128. The van der Waals surface area contributed by atoms with Gasteiger partial charge in [-0.3, -0.25) is 19.4 Å². The Bertz CT molecular complexity index is 914. The molecule has 1 aliphatic rings. The Morgan fingerprint density at radius 2 is 1.55 bits per heavy atom. The Balaban J connectivity index is 1.39. The second-order valence-corrected chi connectivity index (χ2v) is 8.16. The summed E-state index contributed by atoms with van der Waals surface area (Å²) in [5, 5.41) is 5.98. The lowest BCUT2D eigenvalue weighted by Gasteiger charge is -2.37. The first-order valence-corrected chi connectivity index (χ1v) is 11.3. The molecular formula is C25H34N4O4. The van der Waals surface area contributed by atoms with Gasteiger partial charge in [-0.2, -0.15) is 0 Å². The molecule has 178 valence electrons. The van der Waals surface area contributed by atoms with Crippen LogP contribution in [0.2, 0.25) is 0 Å². The molecule has 1 saturated heterocycles. The summed E-state index contributed by atoms with van der Waals surface area (Å²) in [5.74, 6) is 1.31. The normalized spacial score (nSPS) is 15.5. The third-order valence-electron chi connectivity index (χ3n) is 5.95. The summed E-state index contributed by atoms with van der Waals surface area (Å²) >= 11 is 0. The van der Waals surface area contributed by atoms with Crippen molar-refractivity contribution in [1.29, 1.82) is 0 Å². The van der Waals surface area contributed by atoms with Crippen LogP contribution in [-0.2, 0) is 22.7 Å². The Labute approximate surface area is 195 Å². The maximum absolute atomic E-state index is 12.7. The minimum Gasteiger partial charge on any atom is -0.493 e. The van der Waals surface area contributed by atoms with Crippen molar-refractivity contribution < 1.29 is 19.1 Å². The highest BCUT2D eigenvalue weighted by Gasteiger charge is 2.26. The maximum Gasteiger partial charge on any atom is 0.237 e. The minimum atomic E-state index is -0.237. The molecule has 0 aromatic heterocycles. The third kappa shape index (κ3) is 7.20. The minimum absolute atomic E-state index is 0.0150. The molecule has 1 aliphatic heterocycles. The van der Waals surface area contributed by atoms with Gasteiger partial charge < -0.3 is 20.1 Å².